The lowest BCUT2D eigenvalue weighted by molar-refractivity contribution is 0.208. The van der Waals surface area contributed by atoms with Crippen LogP contribution < -0.4 is 5.32 Å². The topological polar surface area (TPSA) is 24.5 Å². The molecule has 0 saturated carbocycles. The Morgan fingerprint density at radius 1 is 1.39 bits per heavy atom. The smallest absolute Gasteiger partial charge is 0.0931 e. The van der Waals surface area contributed by atoms with Crippen molar-refractivity contribution in [2.75, 3.05) is 32.8 Å². The van der Waals surface area contributed by atoms with Gasteiger partial charge < -0.3 is 15.0 Å². The minimum Gasteiger partial charge on any atom is -0.499 e. The second-order valence-corrected chi connectivity index (χ2v) is 4.94. The lowest BCUT2D eigenvalue weighted by atomic mass is 10.0. The van der Waals surface area contributed by atoms with Crippen LogP contribution >= 0.6 is 0 Å². The van der Waals surface area contributed by atoms with Crippen LogP contribution in [0.2, 0.25) is 0 Å². The van der Waals surface area contributed by atoms with Gasteiger partial charge in [-0.1, -0.05) is 13.5 Å². The molecule has 0 aliphatic carbocycles. The minimum atomic E-state index is 0.644. The fraction of sp³-hybridized carbons (Fsp3) is 0.733. The van der Waals surface area contributed by atoms with Crippen molar-refractivity contribution in [1.82, 2.24) is 10.2 Å². The Kier molecular flexibility index (Phi) is 7.06. The molecule has 104 valence electrons. The van der Waals surface area contributed by atoms with Crippen molar-refractivity contribution in [1.29, 1.82) is 0 Å². The fourth-order valence-corrected chi connectivity index (χ4v) is 2.34. The number of nitrogens with zero attached hydrogens (tertiary/aromatic N) is 1. The normalized spacial score (nSPS) is 18.9. The highest BCUT2D eigenvalue weighted by molar-refractivity contribution is 5.18. The third-order valence-corrected chi connectivity index (χ3v) is 3.43. The molecule has 1 N–H and O–H groups in total. The maximum absolute atomic E-state index is 5.40. The first-order valence-corrected chi connectivity index (χ1v) is 7.10. The van der Waals surface area contributed by atoms with Crippen molar-refractivity contribution < 1.29 is 4.74 Å². The Morgan fingerprint density at radius 3 is 2.61 bits per heavy atom. The SMILES string of the molecule is C=C(/C=C(\C)OCC)CNC1CCN(CC)CC1. The number of ether oxygens (including phenoxy) is 1. The molecule has 0 aromatic heterocycles. The van der Waals surface area contributed by atoms with E-state index in [9.17, 15) is 0 Å². The molecule has 0 amide bonds. The van der Waals surface area contributed by atoms with Crippen LogP contribution in [0.3, 0.4) is 0 Å². The Bertz CT molecular complexity index is 278. The highest BCUT2D eigenvalue weighted by Gasteiger charge is 2.17. The number of likely N-dealkylation sites (tertiary alicyclic amines) is 1. The van der Waals surface area contributed by atoms with E-state index in [1.807, 2.05) is 19.9 Å². The van der Waals surface area contributed by atoms with Crippen molar-refractivity contribution in [2.24, 2.45) is 0 Å². The molecule has 1 heterocycles. The molecule has 0 spiro atoms. The molecule has 18 heavy (non-hydrogen) atoms. The van der Waals surface area contributed by atoms with E-state index < -0.39 is 0 Å². The van der Waals surface area contributed by atoms with E-state index in [-0.39, 0.29) is 0 Å². The molecule has 1 saturated heterocycles. The van der Waals surface area contributed by atoms with Crippen LogP contribution in [-0.2, 0) is 4.74 Å². The second kappa shape index (κ2) is 8.33. The van der Waals surface area contributed by atoms with E-state index in [0.717, 1.165) is 24.5 Å². The van der Waals surface area contributed by atoms with Crippen LogP contribution in [0.25, 0.3) is 0 Å². The van der Waals surface area contributed by atoms with E-state index in [0.29, 0.717) is 6.04 Å². The zero-order chi connectivity index (χ0) is 13.4. The van der Waals surface area contributed by atoms with Crippen LogP contribution in [0.5, 0.6) is 0 Å². The molecule has 0 radical (unpaired) electrons. The maximum Gasteiger partial charge on any atom is 0.0931 e. The number of hydrogen-bond acceptors (Lipinski definition) is 3. The summed E-state index contributed by atoms with van der Waals surface area (Å²) >= 11 is 0. The van der Waals surface area contributed by atoms with Crippen LogP contribution in [0.4, 0.5) is 0 Å². The van der Waals surface area contributed by atoms with Gasteiger partial charge in [0, 0.05) is 12.6 Å². The summed E-state index contributed by atoms with van der Waals surface area (Å²) in [6, 6.07) is 0.644. The standard InChI is InChI=1S/C15H28N2O/c1-5-17-9-7-15(8-10-17)16-12-13(3)11-14(4)18-6-2/h11,15-16H,3,5-10,12H2,1-2,4H3/b14-11+. The number of hydrogen-bond donors (Lipinski definition) is 1. The van der Waals surface area contributed by atoms with Crippen LogP contribution in [0, 0.1) is 0 Å². The Morgan fingerprint density at radius 2 is 2.06 bits per heavy atom. The summed E-state index contributed by atoms with van der Waals surface area (Å²) in [6.45, 7) is 15.5. The fourth-order valence-electron chi connectivity index (χ4n) is 2.34. The monoisotopic (exact) mass is 252 g/mol. The van der Waals surface area contributed by atoms with Gasteiger partial charge in [0.15, 0.2) is 0 Å². The summed E-state index contributed by atoms with van der Waals surface area (Å²) < 4.78 is 5.40. The molecule has 3 nitrogen and oxygen atoms in total. The molecule has 0 unspecified atom stereocenters. The van der Waals surface area contributed by atoms with Gasteiger partial charge in [-0.05, 0) is 58.0 Å². The van der Waals surface area contributed by atoms with Gasteiger partial charge in [-0.25, -0.2) is 0 Å². The van der Waals surface area contributed by atoms with Gasteiger partial charge in [-0.2, -0.15) is 0 Å². The summed E-state index contributed by atoms with van der Waals surface area (Å²) in [5.74, 6) is 0.949. The van der Waals surface area contributed by atoms with Gasteiger partial charge in [0.2, 0.25) is 0 Å². The van der Waals surface area contributed by atoms with Crippen molar-refractivity contribution in [3.8, 4) is 0 Å². The molecule has 0 aromatic rings. The summed E-state index contributed by atoms with van der Waals surface area (Å²) in [6.07, 6.45) is 4.52. The summed E-state index contributed by atoms with van der Waals surface area (Å²) in [4.78, 5) is 2.51. The summed E-state index contributed by atoms with van der Waals surface area (Å²) in [5, 5.41) is 3.59. The van der Waals surface area contributed by atoms with E-state index in [1.54, 1.807) is 0 Å². The second-order valence-electron chi connectivity index (χ2n) is 4.94. The summed E-state index contributed by atoms with van der Waals surface area (Å²) in [7, 11) is 0. The van der Waals surface area contributed by atoms with E-state index in [4.69, 9.17) is 4.74 Å². The Hall–Kier alpha value is -0.800. The average Bonchev–Trinajstić information content (AvgIpc) is 2.37. The quantitative estimate of drug-likeness (QED) is 0.557. The van der Waals surface area contributed by atoms with Crippen molar-refractivity contribution in [3.05, 3.63) is 24.0 Å². The predicted molar refractivity (Wildman–Crippen MR) is 77.7 cm³/mol. The number of nitrogens with one attached hydrogen (secondary N) is 1. The highest BCUT2D eigenvalue weighted by Crippen LogP contribution is 2.10. The third-order valence-electron chi connectivity index (χ3n) is 3.43. The molecule has 3 heteroatoms. The van der Waals surface area contributed by atoms with Gasteiger partial charge >= 0.3 is 0 Å². The molecule has 1 aliphatic heterocycles. The van der Waals surface area contributed by atoms with Crippen LogP contribution in [0.15, 0.2) is 24.0 Å². The molecule has 0 aromatic carbocycles. The van der Waals surface area contributed by atoms with Gasteiger partial charge in [0.25, 0.3) is 0 Å². The lowest BCUT2D eigenvalue weighted by Crippen LogP contribution is -2.42. The first-order valence-electron chi connectivity index (χ1n) is 7.10. The van der Waals surface area contributed by atoms with Crippen molar-refractivity contribution >= 4 is 0 Å². The van der Waals surface area contributed by atoms with E-state index in [1.165, 1.54) is 32.5 Å². The van der Waals surface area contributed by atoms with E-state index >= 15 is 0 Å². The van der Waals surface area contributed by atoms with Gasteiger partial charge in [0.1, 0.15) is 0 Å². The summed E-state index contributed by atoms with van der Waals surface area (Å²) in [5.41, 5.74) is 1.10. The Labute approximate surface area is 112 Å². The van der Waals surface area contributed by atoms with E-state index in [2.05, 4.69) is 23.7 Å². The number of piperidine rings is 1. The zero-order valence-corrected chi connectivity index (χ0v) is 12.2. The maximum atomic E-state index is 5.40. The molecule has 1 rings (SSSR count). The molecule has 1 aliphatic rings. The van der Waals surface area contributed by atoms with Crippen LogP contribution in [0.1, 0.15) is 33.6 Å². The molecular formula is C15H28N2O. The first kappa shape index (κ1) is 15.3. The molecule has 0 atom stereocenters. The number of rotatable bonds is 7. The zero-order valence-electron chi connectivity index (χ0n) is 12.2. The molecular weight excluding hydrogens is 224 g/mol. The lowest BCUT2D eigenvalue weighted by Gasteiger charge is -2.31. The highest BCUT2D eigenvalue weighted by atomic mass is 16.5. The predicted octanol–water partition coefficient (Wildman–Crippen LogP) is 2.56. The Balaban J connectivity index is 2.21. The van der Waals surface area contributed by atoms with Gasteiger partial charge in [0.05, 0.1) is 12.4 Å². The average molecular weight is 252 g/mol. The first-order chi connectivity index (χ1) is 8.65. The largest absolute Gasteiger partial charge is 0.499 e. The van der Waals surface area contributed by atoms with Crippen LogP contribution in [-0.4, -0.2) is 43.7 Å². The minimum absolute atomic E-state index is 0.644. The van der Waals surface area contributed by atoms with Crippen molar-refractivity contribution in [2.45, 2.75) is 39.7 Å². The molecule has 0 bridgehead atoms. The third kappa shape index (κ3) is 5.69. The van der Waals surface area contributed by atoms with Crippen molar-refractivity contribution in [3.63, 3.8) is 0 Å². The van der Waals surface area contributed by atoms with Gasteiger partial charge in [-0.15, -0.1) is 0 Å². The molecule has 1 fully saturated rings. The van der Waals surface area contributed by atoms with Gasteiger partial charge in [-0.3, -0.25) is 0 Å². The number of allylic oxidation sites excluding steroid dienone is 1.